The van der Waals surface area contributed by atoms with Gasteiger partial charge in [-0.1, -0.05) is 0 Å². The largest absolute Gasteiger partial charge is 0.435 e. The number of Topliss-reactive ketones (excluding diaryl/α,β-unsaturated/α-hetero) is 1. The van der Waals surface area contributed by atoms with Crippen molar-refractivity contribution < 1.29 is 23.1 Å². The molecule has 1 aromatic rings. The molecule has 6 heteroatoms. The quantitative estimate of drug-likeness (QED) is 0.481. The summed E-state index contributed by atoms with van der Waals surface area (Å²) in [5, 5.41) is 0. The molecule has 0 saturated carbocycles. The third-order valence-corrected chi connectivity index (χ3v) is 3.01. The van der Waals surface area contributed by atoms with Crippen LogP contribution in [0.15, 0.2) is 12.1 Å². The third kappa shape index (κ3) is 2.97. The molecule has 1 rings (SSSR count). The molecule has 0 heterocycles. The summed E-state index contributed by atoms with van der Waals surface area (Å²) in [5.41, 5.74) is 0.352. The van der Waals surface area contributed by atoms with Crippen molar-refractivity contribution in [2.75, 3.05) is 0 Å². The topological polar surface area (TPSA) is 43.4 Å². The molecular weight excluding hydrogens is 333 g/mol. The number of ether oxygens (including phenoxy) is 1. The van der Waals surface area contributed by atoms with E-state index >= 15 is 0 Å². The molecule has 0 N–H and O–H groups in total. The molecule has 0 aliphatic rings. The summed E-state index contributed by atoms with van der Waals surface area (Å²) < 4.78 is 28.6. The van der Waals surface area contributed by atoms with Gasteiger partial charge in [-0.25, -0.2) is 0 Å². The Labute approximate surface area is 104 Å². The highest BCUT2D eigenvalue weighted by Crippen LogP contribution is 2.25. The molecule has 0 radical (unpaired) electrons. The van der Waals surface area contributed by atoms with Crippen molar-refractivity contribution in [2.24, 2.45) is 0 Å². The van der Waals surface area contributed by atoms with E-state index in [4.69, 9.17) is 0 Å². The summed E-state index contributed by atoms with van der Waals surface area (Å²) in [7, 11) is 0. The van der Waals surface area contributed by atoms with Crippen LogP contribution in [0.5, 0.6) is 5.75 Å². The zero-order valence-corrected chi connectivity index (χ0v) is 10.3. The molecule has 0 atom stereocenters. The average Bonchev–Trinajstić information content (AvgIpc) is 2.19. The first-order valence-corrected chi connectivity index (χ1v) is 5.28. The fourth-order valence-electron chi connectivity index (χ4n) is 1.13. The normalized spacial score (nSPS) is 10.3. The first-order chi connectivity index (χ1) is 7.45. The van der Waals surface area contributed by atoms with Gasteiger partial charge in [-0.3, -0.25) is 9.59 Å². The van der Waals surface area contributed by atoms with Gasteiger partial charge in [0.1, 0.15) is 5.75 Å². The number of aldehydes is 1. The van der Waals surface area contributed by atoms with Crippen LogP contribution in [-0.2, 0) is 0 Å². The first kappa shape index (κ1) is 13.0. The SMILES string of the molecule is CC(=O)c1cc(OC(F)F)cc(C=O)c1I. The van der Waals surface area contributed by atoms with Crippen molar-refractivity contribution in [3.8, 4) is 5.75 Å². The van der Waals surface area contributed by atoms with Crippen molar-refractivity contribution in [1.82, 2.24) is 0 Å². The Morgan fingerprint density at radius 2 is 2.12 bits per heavy atom. The van der Waals surface area contributed by atoms with E-state index in [0.717, 1.165) is 0 Å². The highest BCUT2D eigenvalue weighted by atomic mass is 127. The average molecular weight is 340 g/mol. The Bertz CT molecular complexity index is 432. The van der Waals surface area contributed by atoms with Crippen molar-refractivity contribution in [2.45, 2.75) is 13.5 Å². The molecular formula is C10H7F2IO3. The molecule has 1 aromatic carbocycles. The maximum absolute atomic E-state index is 12.0. The van der Waals surface area contributed by atoms with Gasteiger partial charge in [-0.05, 0) is 41.6 Å². The number of benzene rings is 1. The Balaban J connectivity index is 3.28. The lowest BCUT2D eigenvalue weighted by atomic mass is 10.1. The van der Waals surface area contributed by atoms with Crippen molar-refractivity contribution in [1.29, 1.82) is 0 Å². The second-order valence-corrected chi connectivity index (χ2v) is 4.01. The zero-order valence-electron chi connectivity index (χ0n) is 8.17. The Morgan fingerprint density at radius 1 is 1.50 bits per heavy atom. The lowest BCUT2D eigenvalue weighted by molar-refractivity contribution is -0.0499. The molecule has 0 saturated heterocycles. The van der Waals surface area contributed by atoms with Crippen LogP contribution >= 0.6 is 22.6 Å². The molecule has 0 unspecified atom stereocenters. The first-order valence-electron chi connectivity index (χ1n) is 4.20. The van der Waals surface area contributed by atoms with Crippen LogP contribution in [0.2, 0.25) is 0 Å². The highest BCUT2D eigenvalue weighted by Gasteiger charge is 2.14. The smallest absolute Gasteiger partial charge is 0.387 e. The molecule has 0 aliphatic heterocycles. The second-order valence-electron chi connectivity index (χ2n) is 2.93. The second kappa shape index (κ2) is 5.33. The van der Waals surface area contributed by atoms with Gasteiger partial charge < -0.3 is 4.74 Å². The number of hydrogen-bond acceptors (Lipinski definition) is 3. The number of alkyl halides is 2. The van der Waals surface area contributed by atoms with Crippen molar-refractivity contribution >= 4 is 34.7 Å². The summed E-state index contributed by atoms with van der Waals surface area (Å²) in [6.07, 6.45) is 0.493. The van der Waals surface area contributed by atoms with Crippen LogP contribution in [-0.4, -0.2) is 18.7 Å². The summed E-state index contributed by atoms with van der Waals surface area (Å²) in [5.74, 6) is -0.505. The molecule has 0 spiro atoms. The van der Waals surface area contributed by atoms with Gasteiger partial charge in [-0.2, -0.15) is 8.78 Å². The van der Waals surface area contributed by atoms with E-state index in [-0.39, 0.29) is 22.7 Å². The van der Waals surface area contributed by atoms with Crippen LogP contribution in [0.25, 0.3) is 0 Å². The van der Waals surface area contributed by atoms with E-state index in [0.29, 0.717) is 9.86 Å². The van der Waals surface area contributed by atoms with E-state index in [2.05, 4.69) is 4.74 Å². The monoisotopic (exact) mass is 340 g/mol. The molecule has 0 aliphatic carbocycles. The Morgan fingerprint density at radius 3 is 2.56 bits per heavy atom. The van der Waals surface area contributed by atoms with Gasteiger partial charge >= 0.3 is 6.61 Å². The molecule has 16 heavy (non-hydrogen) atoms. The minimum atomic E-state index is -2.99. The van der Waals surface area contributed by atoms with Gasteiger partial charge in [0.25, 0.3) is 0 Å². The van der Waals surface area contributed by atoms with Crippen LogP contribution in [0.3, 0.4) is 0 Å². The minimum absolute atomic E-state index is 0.156. The van der Waals surface area contributed by atoms with E-state index in [1.165, 1.54) is 19.1 Å². The molecule has 3 nitrogen and oxygen atoms in total. The lowest BCUT2D eigenvalue weighted by Gasteiger charge is -2.09. The van der Waals surface area contributed by atoms with Gasteiger partial charge in [0, 0.05) is 14.7 Å². The number of halogens is 3. The fraction of sp³-hybridized carbons (Fsp3) is 0.200. The highest BCUT2D eigenvalue weighted by molar-refractivity contribution is 14.1. The molecule has 0 aromatic heterocycles. The van der Waals surface area contributed by atoms with Crippen LogP contribution in [0, 0.1) is 3.57 Å². The number of hydrogen-bond donors (Lipinski definition) is 0. The van der Waals surface area contributed by atoms with E-state index < -0.39 is 6.61 Å². The van der Waals surface area contributed by atoms with Crippen LogP contribution in [0.1, 0.15) is 27.6 Å². The predicted molar refractivity (Wildman–Crippen MR) is 61.2 cm³/mol. The molecule has 86 valence electrons. The molecule has 0 bridgehead atoms. The van der Waals surface area contributed by atoms with Crippen molar-refractivity contribution in [3.63, 3.8) is 0 Å². The summed E-state index contributed by atoms with van der Waals surface area (Å²) in [6, 6.07) is 2.37. The maximum Gasteiger partial charge on any atom is 0.387 e. The Kier molecular flexibility index (Phi) is 4.34. The fourth-order valence-corrected chi connectivity index (χ4v) is 1.95. The van der Waals surface area contributed by atoms with Crippen LogP contribution in [0.4, 0.5) is 8.78 Å². The number of rotatable bonds is 4. The van der Waals surface area contributed by atoms with Gasteiger partial charge in [-0.15, -0.1) is 0 Å². The van der Waals surface area contributed by atoms with Crippen molar-refractivity contribution in [3.05, 3.63) is 26.8 Å². The minimum Gasteiger partial charge on any atom is -0.435 e. The third-order valence-electron chi connectivity index (χ3n) is 1.81. The predicted octanol–water partition coefficient (Wildman–Crippen LogP) is 2.91. The van der Waals surface area contributed by atoms with Gasteiger partial charge in [0.05, 0.1) is 0 Å². The van der Waals surface area contributed by atoms with Gasteiger partial charge in [0.2, 0.25) is 0 Å². The summed E-state index contributed by atoms with van der Waals surface area (Å²) >= 11 is 1.81. The van der Waals surface area contributed by atoms with E-state index in [1.807, 2.05) is 22.6 Å². The number of carbonyl (C=O) groups is 2. The lowest BCUT2D eigenvalue weighted by Crippen LogP contribution is -2.06. The van der Waals surface area contributed by atoms with E-state index in [1.54, 1.807) is 0 Å². The number of carbonyl (C=O) groups excluding carboxylic acids is 2. The van der Waals surface area contributed by atoms with E-state index in [9.17, 15) is 18.4 Å². The zero-order chi connectivity index (χ0) is 12.3. The summed E-state index contributed by atoms with van der Waals surface area (Å²) in [6.45, 7) is -1.70. The summed E-state index contributed by atoms with van der Waals surface area (Å²) in [4.78, 5) is 21.9. The number of ketones is 1. The molecule has 0 fully saturated rings. The van der Waals surface area contributed by atoms with Crippen LogP contribution < -0.4 is 4.74 Å². The maximum atomic E-state index is 12.0. The standard InChI is InChI=1S/C10H7F2IO3/c1-5(15)8-3-7(16-10(11)12)2-6(4-14)9(8)13/h2-4,10H,1H3. The van der Waals surface area contributed by atoms with Gasteiger partial charge in [0.15, 0.2) is 12.1 Å². The Hall–Kier alpha value is -1.05. The molecule has 0 amide bonds.